The zero-order chi connectivity index (χ0) is 16.7. The molecule has 0 saturated carbocycles. The van der Waals surface area contributed by atoms with Crippen molar-refractivity contribution in [2.24, 2.45) is 0 Å². The Labute approximate surface area is 140 Å². The van der Waals surface area contributed by atoms with Crippen LogP contribution in [0.5, 0.6) is 11.5 Å². The second kappa shape index (κ2) is 5.61. The highest BCUT2D eigenvalue weighted by molar-refractivity contribution is 7.15. The van der Waals surface area contributed by atoms with Gasteiger partial charge in [-0.2, -0.15) is 0 Å². The van der Waals surface area contributed by atoms with Gasteiger partial charge in [0.25, 0.3) is 5.56 Å². The van der Waals surface area contributed by atoms with Crippen LogP contribution in [0.25, 0.3) is 22.2 Å². The molecule has 0 fully saturated rings. The van der Waals surface area contributed by atoms with Gasteiger partial charge >= 0.3 is 0 Å². The predicted molar refractivity (Wildman–Crippen MR) is 93.0 cm³/mol. The van der Waals surface area contributed by atoms with Crippen LogP contribution in [-0.2, 0) is 0 Å². The minimum Gasteiger partial charge on any atom is -0.497 e. The van der Waals surface area contributed by atoms with Crippen molar-refractivity contribution in [3.8, 4) is 11.5 Å². The first-order chi connectivity index (χ1) is 11.7. The molecule has 0 atom stereocenters. The van der Waals surface area contributed by atoms with Gasteiger partial charge in [0.1, 0.15) is 17.0 Å². The number of hydrogen-bond acceptors (Lipinski definition) is 6. The van der Waals surface area contributed by atoms with Crippen LogP contribution in [0.15, 0.2) is 41.3 Å². The molecule has 0 amide bonds. The van der Waals surface area contributed by atoms with E-state index in [0.717, 1.165) is 5.56 Å². The Balaban J connectivity index is 1.98. The average Bonchev–Trinajstić information content (AvgIpc) is 3.11. The van der Waals surface area contributed by atoms with E-state index in [1.807, 2.05) is 24.3 Å². The van der Waals surface area contributed by atoms with E-state index in [0.29, 0.717) is 32.2 Å². The third-order valence-electron chi connectivity index (χ3n) is 3.72. The molecule has 0 saturated heterocycles. The first kappa shape index (κ1) is 14.6. The molecule has 24 heavy (non-hydrogen) atoms. The monoisotopic (exact) mass is 339 g/mol. The highest BCUT2D eigenvalue weighted by Gasteiger charge is 2.12. The average molecular weight is 339 g/mol. The largest absolute Gasteiger partial charge is 0.497 e. The Bertz CT molecular complexity index is 1160. The van der Waals surface area contributed by atoms with Crippen LogP contribution in [-0.4, -0.2) is 28.6 Å². The zero-order valence-electron chi connectivity index (χ0n) is 13.0. The summed E-state index contributed by atoms with van der Waals surface area (Å²) in [5.74, 6) is 1.37. The molecule has 4 aromatic rings. The van der Waals surface area contributed by atoms with Gasteiger partial charge < -0.3 is 9.47 Å². The summed E-state index contributed by atoms with van der Waals surface area (Å²) < 4.78 is 12.7. The van der Waals surface area contributed by atoms with Crippen molar-refractivity contribution in [3.63, 3.8) is 0 Å². The number of imidazole rings is 1. The number of rotatable bonds is 3. The van der Waals surface area contributed by atoms with Gasteiger partial charge in [-0.25, -0.2) is 14.4 Å². The Morgan fingerprint density at radius 2 is 2.08 bits per heavy atom. The van der Waals surface area contributed by atoms with Gasteiger partial charge in [-0.1, -0.05) is 11.3 Å². The van der Waals surface area contributed by atoms with Crippen LogP contribution >= 0.6 is 11.3 Å². The fourth-order valence-corrected chi connectivity index (χ4v) is 3.55. The number of benzene rings is 1. The molecule has 120 valence electrons. The summed E-state index contributed by atoms with van der Waals surface area (Å²) in [4.78, 5) is 22.1. The van der Waals surface area contributed by atoms with Crippen molar-refractivity contribution >= 4 is 33.5 Å². The molecule has 0 radical (unpaired) electrons. The normalized spacial score (nSPS) is 12.2. The van der Waals surface area contributed by atoms with Crippen LogP contribution in [0.1, 0.15) is 5.56 Å². The highest BCUT2D eigenvalue weighted by atomic mass is 32.1. The Kier molecular flexibility index (Phi) is 3.42. The smallest absolute Gasteiger partial charge is 0.276 e. The lowest BCUT2D eigenvalue weighted by Crippen LogP contribution is -2.23. The van der Waals surface area contributed by atoms with E-state index in [4.69, 9.17) is 9.47 Å². The molecule has 0 aliphatic carbocycles. The number of hydrogen-bond donors (Lipinski definition) is 0. The van der Waals surface area contributed by atoms with E-state index in [1.165, 1.54) is 11.3 Å². The number of ether oxygens (including phenoxy) is 2. The molecule has 0 N–H and O–H groups in total. The molecule has 4 rings (SSSR count). The molecule has 0 aliphatic heterocycles. The number of pyridine rings is 1. The molecule has 7 heteroatoms. The van der Waals surface area contributed by atoms with Gasteiger partial charge in [0.15, 0.2) is 10.6 Å². The zero-order valence-corrected chi connectivity index (χ0v) is 13.8. The van der Waals surface area contributed by atoms with Crippen LogP contribution in [0.4, 0.5) is 0 Å². The molecular weight excluding hydrogens is 326 g/mol. The number of nitrogens with zero attached hydrogens (tertiary/aromatic N) is 3. The molecule has 1 aromatic carbocycles. The van der Waals surface area contributed by atoms with E-state index in [9.17, 15) is 4.79 Å². The Hall–Kier alpha value is -2.93. The lowest BCUT2D eigenvalue weighted by molar-refractivity contribution is 0.402. The van der Waals surface area contributed by atoms with Gasteiger partial charge in [-0.05, 0) is 36.4 Å². The molecule has 0 unspecified atom stereocenters. The van der Waals surface area contributed by atoms with Gasteiger partial charge in [-0.15, -0.1) is 0 Å². The van der Waals surface area contributed by atoms with Crippen molar-refractivity contribution in [2.45, 2.75) is 0 Å². The number of methoxy groups -OCH3 is 2. The van der Waals surface area contributed by atoms with Crippen molar-refractivity contribution < 1.29 is 9.47 Å². The summed E-state index contributed by atoms with van der Waals surface area (Å²) in [5, 5.41) is 0. The van der Waals surface area contributed by atoms with Crippen molar-refractivity contribution in [1.29, 1.82) is 0 Å². The Morgan fingerprint density at radius 1 is 1.21 bits per heavy atom. The fraction of sp³-hybridized carbons (Fsp3) is 0.118. The van der Waals surface area contributed by atoms with Crippen LogP contribution < -0.4 is 19.6 Å². The molecule has 3 heterocycles. The minimum atomic E-state index is -0.138. The van der Waals surface area contributed by atoms with Crippen LogP contribution in [0, 0.1) is 0 Å². The summed E-state index contributed by atoms with van der Waals surface area (Å²) >= 11 is 1.32. The Morgan fingerprint density at radius 3 is 2.88 bits per heavy atom. The van der Waals surface area contributed by atoms with E-state index in [1.54, 1.807) is 37.0 Å². The maximum Gasteiger partial charge on any atom is 0.276 e. The SMILES string of the molecule is COc1ccc(OC)c(C=c2sc3nc4cccnc4n3c2=O)c1. The van der Waals surface area contributed by atoms with Gasteiger partial charge in [0.2, 0.25) is 0 Å². The second-order valence-corrected chi connectivity index (χ2v) is 6.11. The summed E-state index contributed by atoms with van der Waals surface area (Å²) in [6.07, 6.45) is 3.44. The van der Waals surface area contributed by atoms with E-state index < -0.39 is 0 Å². The first-order valence-electron chi connectivity index (χ1n) is 7.21. The number of fused-ring (bicyclic) bond motifs is 3. The van der Waals surface area contributed by atoms with E-state index in [2.05, 4.69) is 9.97 Å². The fourth-order valence-electron chi connectivity index (χ4n) is 2.58. The van der Waals surface area contributed by atoms with Crippen LogP contribution in [0.3, 0.4) is 0 Å². The molecule has 0 bridgehead atoms. The van der Waals surface area contributed by atoms with Crippen molar-refractivity contribution in [1.82, 2.24) is 14.4 Å². The summed E-state index contributed by atoms with van der Waals surface area (Å²) in [6.45, 7) is 0. The van der Waals surface area contributed by atoms with Gasteiger partial charge in [-0.3, -0.25) is 4.79 Å². The lowest BCUT2D eigenvalue weighted by Gasteiger charge is -2.06. The third kappa shape index (κ3) is 2.21. The maximum absolute atomic E-state index is 12.8. The summed E-state index contributed by atoms with van der Waals surface area (Å²) in [6, 6.07) is 9.10. The predicted octanol–water partition coefficient (Wildman–Crippen LogP) is 1.87. The standard InChI is InChI=1S/C17H13N3O3S/c1-22-11-5-6-13(23-2)10(8-11)9-14-16(21)20-15-12(4-3-7-18-15)19-17(20)24-14/h3-9H,1-2H3. The van der Waals surface area contributed by atoms with Crippen LogP contribution in [0.2, 0.25) is 0 Å². The van der Waals surface area contributed by atoms with Gasteiger partial charge in [0.05, 0.1) is 18.8 Å². The summed E-state index contributed by atoms with van der Waals surface area (Å²) in [7, 11) is 3.19. The van der Waals surface area contributed by atoms with Crippen molar-refractivity contribution in [2.75, 3.05) is 14.2 Å². The second-order valence-electron chi connectivity index (χ2n) is 5.10. The number of aromatic nitrogens is 3. The molecule has 0 spiro atoms. The maximum atomic E-state index is 12.8. The minimum absolute atomic E-state index is 0.138. The van der Waals surface area contributed by atoms with Gasteiger partial charge in [0, 0.05) is 11.8 Å². The third-order valence-corrected chi connectivity index (χ3v) is 4.69. The first-order valence-corrected chi connectivity index (χ1v) is 8.02. The topological polar surface area (TPSA) is 65.7 Å². The van der Waals surface area contributed by atoms with Crippen molar-refractivity contribution in [3.05, 3.63) is 57.0 Å². The molecule has 6 nitrogen and oxygen atoms in total. The summed E-state index contributed by atoms with van der Waals surface area (Å²) in [5.41, 5.74) is 1.93. The van der Waals surface area contributed by atoms with E-state index in [-0.39, 0.29) is 5.56 Å². The highest BCUT2D eigenvalue weighted by Crippen LogP contribution is 2.24. The quantitative estimate of drug-likeness (QED) is 0.570. The number of thiazole rings is 1. The molecule has 0 aliphatic rings. The molecular formula is C17H13N3O3S. The lowest BCUT2D eigenvalue weighted by atomic mass is 10.2. The van der Waals surface area contributed by atoms with E-state index >= 15 is 0 Å². The molecule has 3 aromatic heterocycles.